The van der Waals surface area contributed by atoms with Crippen molar-refractivity contribution in [2.75, 3.05) is 27.2 Å². The van der Waals surface area contributed by atoms with E-state index in [1.165, 1.54) is 10.7 Å². The largest absolute Gasteiger partial charge is 0.477 e. The highest BCUT2D eigenvalue weighted by Crippen LogP contribution is 2.31. The molecule has 0 saturated heterocycles. The van der Waals surface area contributed by atoms with Crippen molar-refractivity contribution in [1.82, 2.24) is 14.7 Å². The van der Waals surface area contributed by atoms with Crippen LogP contribution in [0.5, 0.6) is 5.88 Å². The number of halogens is 3. The van der Waals surface area contributed by atoms with Gasteiger partial charge < -0.3 is 9.64 Å². The van der Waals surface area contributed by atoms with Crippen molar-refractivity contribution >= 4 is 0 Å². The van der Waals surface area contributed by atoms with Crippen LogP contribution in [-0.4, -0.2) is 41.9 Å². The van der Waals surface area contributed by atoms with E-state index in [4.69, 9.17) is 4.74 Å². The summed E-state index contributed by atoms with van der Waals surface area (Å²) < 4.78 is 46.7. The first-order valence-electron chi connectivity index (χ1n) is 9.41. The molecule has 3 rings (SSSR count). The Hall–Kier alpha value is -2.80. The Balaban J connectivity index is 1.89. The van der Waals surface area contributed by atoms with Crippen molar-refractivity contribution < 1.29 is 17.9 Å². The van der Waals surface area contributed by atoms with Crippen LogP contribution < -0.4 is 4.74 Å². The Bertz CT molecular complexity index is 921. The Morgan fingerprint density at radius 3 is 2.45 bits per heavy atom. The molecular weight excluding hydrogens is 379 g/mol. The molecule has 0 aliphatic heterocycles. The van der Waals surface area contributed by atoms with Gasteiger partial charge in [0, 0.05) is 19.0 Å². The van der Waals surface area contributed by atoms with Crippen molar-refractivity contribution in [2.24, 2.45) is 0 Å². The number of hydrogen-bond acceptors (Lipinski definition) is 3. The van der Waals surface area contributed by atoms with Crippen LogP contribution >= 0.6 is 0 Å². The van der Waals surface area contributed by atoms with Gasteiger partial charge in [0.1, 0.15) is 0 Å². The van der Waals surface area contributed by atoms with Gasteiger partial charge in [-0.3, -0.25) is 0 Å². The highest BCUT2D eigenvalue weighted by molar-refractivity contribution is 5.40. The first kappa shape index (κ1) is 20.9. The highest BCUT2D eigenvalue weighted by atomic mass is 19.4. The predicted molar refractivity (Wildman–Crippen MR) is 106 cm³/mol. The number of ether oxygens (including phenoxy) is 1. The van der Waals surface area contributed by atoms with E-state index in [2.05, 4.69) is 10.00 Å². The molecule has 0 radical (unpaired) electrons. The molecular formula is C22H24F3N3O. The van der Waals surface area contributed by atoms with E-state index < -0.39 is 11.7 Å². The molecule has 3 aromatic rings. The minimum atomic E-state index is -4.41. The lowest BCUT2D eigenvalue weighted by Gasteiger charge is -2.11. The SMILES string of the molecule is CN(C)CCCOc1cc(Cc2ccccc2)n(-c2cccc(C(F)(F)F)c2)n1. The van der Waals surface area contributed by atoms with Crippen molar-refractivity contribution in [1.29, 1.82) is 0 Å². The number of rotatable bonds is 8. The van der Waals surface area contributed by atoms with Crippen molar-refractivity contribution in [3.8, 4) is 11.6 Å². The van der Waals surface area contributed by atoms with Gasteiger partial charge in [0.2, 0.25) is 5.88 Å². The first-order valence-corrected chi connectivity index (χ1v) is 9.41. The summed E-state index contributed by atoms with van der Waals surface area (Å²) in [5.41, 5.74) is 1.46. The molecule has 29 heavy (non-hydrogen) atoms. The molecule has 0 bridgehead atoms. The summed E-state index contributed by atoms with van der Waals surface area (Å²) in [7, 11) is 3.97. The summed E-state index contributed by atoms with van der Waals surface area (Å²) in [5, 5.41) is 4.43. The number of nitrogens with zero attached hydrogens (tertiary/aromatic N) is 3. The number of benzene rings is 2. The second-order valence-electron chi connectivity index (χ2n) is 7.10. The lowest BCUT2D eigenvalue weighted by Crippen LogP contribution is -2.15. The first-order chi connectivity index (χ1) is 13.8. The topological polar surface area (TPSA) is 30.3 Å². The minimum Gasteiger partial charge on any atom is -0.477 e. The number of aromatic nitrogens is 2. The van der Waals surface area contributed by atoms with E-state index in [1.807, 2.05) is 44.4 Å². The van der Waals surface area contributed by atoms with Gasteiger partial charge in [0.05, 0.1) is 23.6 Å². The molecule has 1 heterocycles. The van der Waals surface area contributed by atoms with Crippen LogP contribution in [0.3, 0.4) is 0 Å². The van der Waals surface area contributed by atoms with Crippen LogP contribution in [0.15, 0.2) is 60.7 Å². The summed E-state index contributed by atoms with van der Waals surface area (Å²) in [5.74, 6) is 0.409. The Labute approximate surface area is 168 Å². The summed E-state index contributed by atoms with van der Waals surface area (Å²) in [6.07, 6.45) is -3.04. The third kappa shape index (κ3) is 5.84. The molecule has 0 spiro atoms. The van der Waals surface area contributed by atoms with Gasteiger partial charge in [0.15, 0.2) is 0 Å². The molecule has 0 aliphatic rings. The maximum atomic E-state index is 13.1. The fraction of sp³-hybridized carbons (Fsp3) is 0.318. The Kier molecular flexibility index (Phi) is 6.59. The fourth-order valence-corrected chi connectivity index (χ4v) is 2.99. The number of alkyl halides is 3. The lowest BCUT2D eigenvalue weighted by molar-refractivity contribution is -0.137. The third-order valence-corrected chi connectivity index (χ3v) is 4.41. The van der Waals surface area contributed by atoms with Gasteiger partial charge in [-0.15, -0.1) is 5.10 Å². The Morgan fingerprint density at radius 1 is 1.00 bits per heavy atom. The van der Waals surface area contributed by atoms with E-state index in [1.54, 1.807) is 12.1 Å². The molecule has 0 fully saturated rings. The van der Waals surface area contributed by atoms with Crippen LogP contribution in [-0.2, 0) is 12.6 Å². The zero-order valence-electron chi connectivity index (χ0n) is 16.5. The van der Waals surface area contributed by atoms with Crippen LogP contribution in [0.2, 0.25) is 0 Å². The summed E-state index contributed by atoms with van der Waals surface area (Å²) in [4.78, 5) is 2.06. The van der Waals surface area contributed by atoms with E-state index in [0.717, 1.165) is 36.4 Å². The van der Waals surface area contributed by atoms with Crippen molar-refractivity contribution in [2.45, 2.75) is 19.0 Å². The lowest BCUT2D eigenvalue weighted by atomic mass is 10.1. The van der Waals surface area contributed by atoms with E-state index >= 15 is 0 Å². The fourth-order valence-electron chi connectivity index (χ4n) is 2.99. The maximum Gasteiger partial charge on any atom is 0.416 e. The second kappa shape index (κ2) is 9.13. The van der Waals surface area contributed by atoms with E-state index in [-0.39, 0.29) is 0 Å². The molecule has 4 nitrogen and oxygen atoms in total. The van der Waals surface area contributed by atoms with Crippen LogP contribution in [0, 0.1) is 0 Å². The van der Waals surface area contributed by atoms with Gasteiger partial charge in [-0.05, 0) is 44.3 Å². The monoisotopic (exact) mass is 403 g/mol. The van der Waals surface area contributed by atoms with E-state index in [9.17, 15) is 13.2 Å². The second-order valence-corrected chi connectivity index (χ2v) is 7.10. The van der Waals surface area contributed by atoms with Crippen molar-refractivity contribution in [3.63, 3.8) is 0 Å². The average Bonchev–Trinajstić information content (AvgIpc) is 3.08. The normalized spacial score (nSPS) is 11.8. The predicted octanol–water partition coefficient (Wildman–Crippen LogP) is 4.81. The molecule has 0 saturated carbocycles. The molecule has 1 aromatic heterocycles. The molecule has 0 aliphatic carbocycles. The molecule has 2 aromatic carbocycles. The third-order valence-electron chi connectivity index (χ3n) is 4.41. The molecule has 0 amide bonds. The molecule has 0 unspecified atom stereocenters. The zero-order chi connectivity index (χ0) is 20.9. The van der Waals surface area contributed by atoms with Crippen molar-refractivity contribution in [3.05, 3.63) is 77.5 Å². The van der Waals surface area contributed by atoms with Gasteiger partial charge in [-0.2, -0.15) is 13.2 Å². The Morgan fingerprint density at radius 2 is 1.76 bits per heavy atom. The molecule has 7 heteroatoms. The standard InChI is InChI=1S/C22H24F3N3O/c1-27(2)12-7-13-29-21-16-20(14-17-8-4-3-5-9-17)28(26-21)19-11-6-10-18(15-19)22(23,24)25/h3-6,8-11,15-16H,7,12-14H2,1-2H3. The molecule has 0 N–H and O–H groups in total. The van der Waals surface area contributed by atoms with E-state index in [0.29, 0.717) is 24.6 Å². The number of hydrogen-bond donors (Lipinski definition) is 0. The quantitative estimate of drug-likeness (QED) is 0.506. The highest BCUT2D eigenvalue weighted by Gasteiger charge is 2.30. The van der Waals surface area contributed by atoms with Crippen LogP contribution in [0.25, 0.3) is 5.69 Å². The van der Waals surface area contributed by atoms with Gasteiger partial charge in [-0.1, -0.05) is 36.4 Å². The zero-order valence-corrected chi connectivity index (χ0v) is 16.5. The van der Waals surface area contributed by atoms with Crippen LogP contribution in [0.1, 0.15) is 23.2 Å². The van der Waals surface area contributed by atoms with Gasteiger partial charge >= 0.3 is 6.18 Å². The maximum absolute atomic E-state index is 13.1. The van der Waals surface area contributed by atoms with Gasteiger partial charge in [0.25, 0.3) is 0 Å². The van der Waals surface area contributed by atoms with Gasteiger partial charge in [-0.25, -0.2) is 4.68 Å². The summed E-state index contributed by atoms with van der Waals surface area (Å²) in [6, 6.07) is 16.7. The average molecular weight is 403 g/mol. The van der Waals surface area contributed by atoms with Crippen LogP contribution in [0.4, 0.5) is 13.2 Å². The molecule has 0 atom stereocenters. The summed E-state index contributed by atoms with van der Waals surface area (Å²) >= 11 is 0. The minimum absolute atomic E-state index is 0.355. The smallest absolute Gasteiger partial charge is 0.416 e. The molecule has 154 valence electrons. The summed E-state index contributed by atoms with van der Waals surface area (Å²) in [6.45, 7) is 1.37.